The van der Waals surface area contributed by atoms with E-state index in [-0.39, 0.29) is 0 Å². The number of hydrogen-bond acceptors (Lipinski definition) is 3. The van der Waals surface area contributed by atoms with Crippen molar-refractivity contribution in [2.75, 3.05) is 6.61 Å². The van der Waals surface area contributed by atoms with E-state index in [1.807, 2.05) is 57.2 Å². The van der Waals surface area contributed by atoms with Crippen molar-refractivity contribution in [1.82, 2.24) is 5.06 Å². The van der Waals surface area contributed by atoms with Crippen LogP contribution in [-0.2, 0) is 9.57 Å². The highest BCUT2D eigenvalue weighted by Gasteiger charge is 2.29. The van der Waals surface area contributed by atoms with Crippen molar-refractivity contribution < 1.29 is 14.4 Å². The summed E-state index contributed by atoms with van der Waals surface area (Å²) in [5.41, 5.74) is 1.12. The minimum Gasteiger partial charge on any atom is -0.442 e. The molecule has 4 heteroatoms. The Hall–Kier alpha value is -1.81. The maximum Gasteiger partial charge on any atom is 0.439 e. The fourth-order valence-electron chi connectivity index (χ4n) is 1.64. The van der Waals surface area contributed by atoms with E-state index in [2.05, 4.69) is 0 Å². The van der Waals surface area contributed by atoms with Crippen molar-refractivity contribution in [3.05, 3.63) is 42.0 Å². The number of ether oxygens (including phenoxy) is 1. The molecule has 0 atom stereocenters. The smallest absolute Gasteiger partial charge is 0.439 e. The summed E-state index contributed by atoms with van der Waals surface area (Å²) in [5, 5.41) is 1.21. The van der Waals surface area contributed by atoms with E-state index in [1.54, 1.807) is 0 Å². The number of benzene rings is 1. The number of rotatable bonds is 1. The predicted molar refractivity (Wildman–Crippen MR) is 68.4 cm³/mol. The van der Waals surface area contributed by atoms with Gasteiger partial charge >= 0.3 is 6.09 Å². The first-order valence-corrected chi connectivity index (χ1v) is 5.89. The molecule has 0 saturated heterocycles. The van der Waals surface area contributed by atoms with Gasteiger partial charge in [0.1, 0.15) is 5.60 Å². The molecule has 0 N–H and O–H groups in total. The molecule has 18 heavy (non-hydrogen) atoms. The van der Waals surface area contributed by atoms with Crippen LogP contribution in [0.25, 0.3) is 5.70 Å². The Balaban J connectivity index is 2.16. The third-order valence-electron chi connectivity index (χ3n) is 2.33. The first-order chi connectivity index (χ1) is 8.47. The van der Waals surface area contributed by atoms with E-state index in [0.29, 0.717) is 6.61 Å². The minimum atomic E-state index is -0.537. The largest absolute Gasteiger partial charge is 0.442 e. The average Bonchev–Trinajstić information content (AvgIpc) is 2.76. The first-order valence-electron chi connectivity index (χ1n) is 5.89. The van der Waals surface area contributed by atoms with E-state index in [1.165, 1.54) is 5.06 Å². The molecule has 0 bridgehead atoms. The molecular weight excluding hydrogens is 230 g/mol. The monoisotopic (exact) mass is 247 g/mol. The number of carbonyl (C=O) groups is 1. The standard InChI is InChI=1S/C14H17NO3/c1-14(2,3)18-13(16)15-12(9-10-17-15)11-7-5-4-6-8-11/h4-9H,10H2,1-3H3. The van der Waals surface area contributed by atoms with Crippen LogP contribution >= 0.6 is 0 Å². The molecule has 0 spiro atoms. The van der Waals surface area contributed by atoms with E-state index < -0.39 is 11.7 Å². The summed E-state index contributed by atoms with van der Waals surface area (Å²) in [5.74, 6) is 0. The molecule has 2 rings (SSSR count). The Labute approximate surface area is 107 Å². The van der Waals surface area contributed by atoms with Crippen molar-refractivity contribution in [3.8, 4) is 0 Å². The minimum absolute atomic E-state index is 0.378. The zero-order valence-electron chi connectivity index (χ0n) is 10.8. The molecule has 1 amide bonds. The van der Waals surface area contributed by atoms with Crippen molar-refractivity contribution >= 4 is 11.8 Å². The van der Waals surface area contributed by atoms with Crippen molar-refractivity contribution in [3.63, 3.8) is 0 Å². The molecule has 1 aromatic carbocycles. The second-order valence-corrected chi connectivity index (χ2v) is 5.03. The van der Waals surface area contributed by atoms with Gasteiger partial charge in [-0.05, 0) is 26.8 Å². The Morgan fingerprint density at radius 1 is 1.28 bits per heavy atom. The summed E-state index contributed by atoms with van der Waals surface area (Å²) in [4.78, 5) is 17.3. The lowest BCUT2D eigenvalue weighted by atomic mass is 10.1. The Morgan fingerprint density at radius 2 is 1.94 bits per heavy atom. The quantitative estimate of drug-likeness (QED) is 0.765. The number of amides is 1. The molecule has 0 radical (unpaired) electrons. The maximum atomic E-state index is 12.0. The van der Waals surface area contributed by atoms with Crippen LogP contribution in [0.2, 0.25) is 0 Å². The van der Waals surface area contributed by atoms with Gasteiger partial charge < -0.3 is 4.74 Å². The number of hydrogen-bond donors (Lipinski definition) is 0. The fourth-order valence-corrected chi connectivity index (χ4v) is 1.64. The topological polar surface area (TPSA) is 38.8 Å². The summed E-state index contributed by atoms with van der Waals surface area (Å²) in [6.07, 6.45) is 1.37. The molecule has 0 fully saturated rings. The van der Waals surface area contributed by atoms with Gasteiger partial charge in [-0.2, -0.15) is 5.06 Å². The van der Waals surface area contributed by atoms with Gasteiger partial charge in [0.25, 0.3) is 0 Å². The molecule has 1 aliphatic rings. The summed E-state index contributed by atoms with van der Waals surface area (Å²) in [6, 6.07) is 9.62. The second kappa shape index (κ2) is 4.82. The second-order valence-electron chi connectivity index (χ2n) is 5.03. The third-order valence-corrected chi connectivity index (χ3v) is 2.33. The highest BCUT2D eigenvalue weighted by Crippen LogP contribution is 2.26. The number of hydroxylamine groups is 2. The lowest BCUT2D eigenvalue weighted by Gasteiger charge is -2.25. The molecule has 96 valence electrons. The van der Waals surface area contributed by atoms with Gasteiger partial charge in [0.05, 0.1) is 12.3 Å². The highest BCUT2D eigenvalue weighted by atomic mass is 16.7. The van der Waals surface area contributed by atoms with Gasteiger partial charge in [-0.25, -0.2) is 4.79 Å². The average molecular weight is 247 g/mol. The van der Waals surface area contributed by atoms with Gasteiger partial charge in [-0.1, -0.05) is 30.3 Å². The maximum absolute atomic E-state index is 12.0. The third kappa shape index (κ3) is 2.90. The summed E-state index contributed by atoms with van der Waals surface area (Å²) >= 11 is 0. The molecule has 0 aliphatic carbocycles. The summed E-state index contributed by atoms with van der Waals surface area (Å²) < 4.78 is 5.29. The Kier molecular flexibility index (Phi) is 3.39. The lowest BCUT2D eigenvalue weighted by Crippen LogP contribution is -2.33. The van der Waals surface area contributed by atoms with Crippen LogP contribution in [-0.4, -0.2) is 23.4 Å². The number of carbonyl (C=O) groups excluding carboxylic acids is 1. The van der Waals surface area contributed by atoms with Crippen molar-refractivity contribution in [2.24, 2.45) is 0 Å². The van der Waals surface area contributed by atoms with Crippen LogP contribution in [0.5, 0.6) is 0 Å². The molecule has 4 nitrogen and oxygen atoms in total. The zero-order valence-corrected chi connectivity index (χ0v) is 10.8. The molecule has 1 aromatic rings. The van der Waals surface area contributed by atoms with Crippen LogP contribution < -0.4 is 0 Å². The van der Waals surface area contributed by atoms with Gasteiger partial charge in [0, 0.05) is 5.56 Å². The molecule has 0 aromatic heterocycles. The predicted octanol–water partition coefficient (Wildman–Crippen LogP) is 3.21. The van der Waals surface area contributed by atoms with Gasteiger partial charge in [0.15, 0.2) is 0 Å². The molecule has 1 aliphatic heterocycles. The van der Waals surface area contributed by atoms with Crippen LogP contribution in [0.4, 0.5) is 4.79 Å². The summed E-state index contributed by atoms with van der Waals surface area (Å²) in [7, 11) is 0. The molecule has 0 saturated carbocycles. The lowest BCUT2D eigenvalue weighted by molar-refractivity contribution is -0.0856. The zero-order chi connectivity index (χ0) is 13.2. The Morgan fingerprint density at radius 3 is 2.56 bits per heavy atom. The molecule has 0 unspecified atom stereocenters. The molecule has 1 heterocycles. The van der Waals surface area contributed by atoms with Crippen LogP contribution in [0.15, 0.2) is 36.4 Å². The van der Waals surface area contributed by atoms with E-state index in [0.717, 1.165) is 11.3 Å². The first kappa shape index (κ1) is 12.6. The van der Waals surface area contributed by atoms with Crippen LogP contribution in [0.1, 0.15) is 26.3 Å². The SMILES string of the molecule is CC(C)(C)OC(=O)N1OCC=C1c1ccccc1. The van der Waals surface area contributed by atoms with E-state index in [9.17, 15) is 4.79 Å². The van der Waals surface area contributed by atoms with Gasteiger partial charge in [-0.3, -0.25) is 4.84 Å². The van der Waals surface area contributed by atoms with E-state index >= 15 is 0 Å². The van der Waals surface area contributed by atoms with Gasteiger partial charge in [0.2, 0.25) is 0 Å². The molecular formula is C14H17NO3. The number of nitrogens with zero attached hydrogens (tertiary/aromatic N) is 1. The van der Waals surface area contributed by atoms with Crippen molar-refractivity contribution in [2.45, 2.75) is 26.4 Å². The van der Waals surface area contributed by atoms with Gasteiger partial charge in [-0.15, -0.1) is 0 Å². The summed E-state index contributed by atoms with van der Waals surface area (Å²) in [6.45, 7) is 5.86. The highest BCUT2D eigenvalue weighted by molar-refractivity contribution is 5.81. The Bertz CT molecular complexity index is 460. The van der Waals surface area contributed by atoms with E-state index in [4.69, 9.17) is 9.57 Å². The fraction of sp³-hybridized carbons (Fsp3) is 0.357. The van der Waals surface area contributed by atoms with Crippen LogP contribution in [0, 0.1) is 0 Å². The van der Waals surface area contributed by atoms with Crippen LogP contribution in [0.3, 0.4) is 0 Å². The normalized spacial score (nSPS) is 15.5. The van der Waals surface area contributed by atoms with Crippen molar-refractivity contribution in [1.29, 1.82) is 0 Å².